The van der Waals surface area contributed by atoms with Crippen molar-refractivity contribution in [3.05, 3.63) is 29.3 Å². The molecule has 0 amide bonds. The van der Waals surface area contributed by atoms with Gasteiger partial charge in [-0.05, 0) is 42.9 Å². The van der Waals surface area contributed by atoms with Crippen molar-refractivity contribution in [3.63, 3.8) is 0 Å². The smallest absolute Gasteiger partial charge is 0.388 e. The third-order valence-corrected chi connectivity index (χ3v) is 3.78. The number of hydrogen-bond acceptors (Lipinski definition) is 2. The lowest BCUT2D eigenvalue weighted by molar-refractivity contribution is -0.136. The maximum atomic E-state index is 12.1. The second-order valence-corrected chi connectivity index (χ2v) is 5.44. The Labute approximate surface area is 117 Å². The van der Waals surface area contributed by atoms with Gasteiger partial charge in [0.15, 0.2) is 0 Å². The van der Waals surface area contributed by atoms with Crippen molar-refractivity contribution in [2.75, 3.05) is 18.5 Å². The van der Waals surface area contributed by atoms with Gasteiger partial charge in [-0.1, -0.05) is 12.1 Å². The molecule has 0 fully saturated rings. The van der Waals surface area contributed by atoms with Gasteiger partial charge in [-0.3, -0.25) is 0 Å². The van der Waals surface area contributed by atoms with Crippen molar-refractivity contribution in [2.45, 2.75) is 44.4 Å². The summed E-state index contributed by atoms with van der Waals surface area (Å²) in [5, 5.41) is 10.0. The van der Waals surface area contributed by atoms with Crippen molar-refractivity contribution in [1.82, 2.24) is 0 Å². The molecule has 0 aliphatic carbocycles. The summed E-state index contributed by atoms with van der Waals surface area (Å²) in [6, 6.07) is 5.71. The molecule has 1 aliphatic heterocycles. The molecule has 112 valence electrons. The maximum absolute atomic E-state index is 12.1. The van der Waals surface area contributed by atoms with Crippen LogP contribution in [0.1, 0.15) is 42.9 Å². The lowest BCUT2D eigenvalue weighted by Gasteiger charge is -2.28. The van der Waals surface area contributed by atoms with Crippen LogP contribution in [0.4, 0.5) is 18.9 Å². The molecule has 0 radical (unpaired) electrons. The molecule has 0 bridgehead atoms. The fraction of sp³-hybridized carbons (Fsp3) is 0.600. The summed E-state index contributed by atoms with van der Waals surface area (Å²) < 4.78 is 36.3. The topological polar surface area (TPSA) is 23.5 Å². The molecule has 0 aromatic heterocycles. The van der Waals surface area contributed by atoms with Crippen LogP contribution in [-0.4, -0.2) is 24.9 Å². The summed E-state index contributed by atoms with van der Waals surface area (Å²) in [5.41, 5.74) is 3.05. The molecule has 0 saturated heterocycles. The second kappa shape index (κ2) is 6.04. The molecule has 1 aromatic rings. The molecule has 1 N–H and O–H groups in total. The normalized spacial score (nSPS) is 16.9. The van der Waals surface area contributed by atoms with Gasteiger partial charge in [-0.25, -0.2) is 0 Å². The van der Waals surface area contributed by atoms with E-state index in [9.17, 15) is 18.3 Å². The second-order valence-electron chi connectivity index (χ2n) is 5.44. The SMILES string of the molecule is CN1CCCc2cc(C(O)CCCC(F)(F)F)ccc21. The number of aryl methyl sites for hydroxylation is 1. The summed E-state index contributed by atoms with van der Waals surface area (Å²) in [4.78, 5) is 2.17. The lowest BCUT2D eigenvalue weighted by Crippen LogP contribution is -2.24. The van der Waals surface area contributed by atoms with Crippen LogP contribution in [0.25, 0.3) is 0 Å². The van der Waals surface area contributed by atoms with Crippen LogP contribution in [0, 0.1) is 0 Å². The summed E-state index contributed by atoms with van der Waals surface area (Å²) in [6.45, 7) is 1.01. The van der Waals surface area contributed by atoms with E-state index in [1.807, 2.05) is 25.2 Å². The minimum Gasteiger partial charge on any atom is -0.388 e. The van der Waals surface area contributed by atoms with E-state index in [2.05, 4.69) is 4.90 Å². The highest BCUT2D eigenvalue weighted by Crippen LogP contribution is 2.31. The molecule has 1 atom stereocenters. The van der Waals surface area contributed by atoms with Crippen molar-refractivity contribution >= 4 is 5.69 Å². The molecule has 20 heavy (non-hydrogen) atoms. The van der Waals surface area contributed by atoms with Gasteiger partial charge in [-0.15, -0.1) is 0 Å². The number of anilines is 1. The predicted molar refractivity (Wildman–Crippen MR) is 72.9 cm³/mol. The Morgan fingerprint density at radius 1 is 1.35 bits per heavy atom. The standard InChI is InChI=1S/C15H20F3NO/c1-19-9-3-4-11-10-12(6-7-13(11)19)14(20)5-2-8-15(16,17)18/h6-7,10,14,20H,2-5,8-9H2,1H3. The van der Waals surface area contributed by atoms with Crippen LogP contribution in [0.5, 0.6) is 0 Å². The Morgan fingerprint density at radius 2 is 2.10 bits per heavy atom. The van der Waals surface area contributed by atoms with Crippen LogP contribution in [0.15, 0.2) is 18.2 Å². The Kier molecular flexibility index (Phi) is 4.58. The number of fused-ring (bicyclic) bond motifs is 1. The first-order valence-corrected chi connectivity index (χ1v) is 6.95. The molecule has 1 aliphatic rings. The average Bonchev–Trinajstić information content (AvgIpc) is 2.37. The van der Waals surface area contributed by atoms with E-state index in [4.69, 9.17) is 0 Å². The summed E-state index contributed by atoms with van der Waals surface area (Å²) in [5.74, 6) is 0. The number of aliphatic hydroxyl groups is 1. The molecule has 0 saturated carbocycles. The Morgan fingerprint density at radius 3 is 2.80 bits per heavy atom. The number of nitrogens with zero attached hydrogens (tertiary/aromatic N) is 1. The fourth-order valence-corrected chi connectivity index (χ4v) is 2.67. The van der Waals surface area contributed by atoms with Gasteiger partial charge in [-0.2, -0.15) is 13.2 Å². The van der Waals surface area contributed by atoms with Crippen LogP contribution >= 0.6 is 0 Å². The summed E-state index contributed by atoms with van der Waals surface area (Å²) in [6.07, 6.45) is -3.65. The highest BCUT2D eigenvalue weighted by Gasteiger charge is 2.26. The van der Waals surface area contributed by atoms with Gasteiger partial charge < -0.3 is 10.0 Å². The quantitative estimate of drug-likeness (QED) is 0.909. The van der Waals surface area contributed by atoms with Gasteiger partial charge in [0, 0.05) is 25.7 Å². The van der Waals surface area contributed by atoms with Gasteiger partial charge in [0.2, 0.25) is 0 Å². The first kappa shape index (κ1) is 15.2. The summed E-state index contributed by atoms with van der Waals surface area (Å²) >= 11 is 0. The van der Waals surface area contributed by atoms with Gasteiger partial charge in [0.25, 0.3) is 0 Å². The van der Waals surface area contributed by atoms with Crippen molar-refractivity contribution in [2.24, 2.45) is 0 Å². The van der Waals surface area contributed by atoms with Crippen molar-refractivity contribution < 1.29 is 18.3 Å². The molecule has 1 unspecified atom stereocenters. The van der Waals surface area contributed by atoms with E-state index in [0.717, 1.165) is 30.6 Å². The molecule has 2 rings (SSSR count). The first-order chi connectivity index (χ1) is 9.37. The number of hydrogen-bond donors (Lipinski definition) is 1. The van der Waals surface area contributed by atoms with Crippen molar-refractivity contribution in [1.29, 1.82) is 0 Å². The highest BCUT2D eigenvalue weighted by molar-refractivity contribution is 5.56. The molecule has 1 aromatic carbocycles. The first-order valence-electron chi connectivity index (χ1n) is 6.95. The zero-order chi connectivity index (χ0) is 14.8. The van der Waals surface area contributed by atoms with E-state index >= 15 is 0 Å². The fourth-order valence-electron chi connectivity index (χ4n) is 2.67. The van der Waals surface area contributed by atoms with E-state index in [1.165, 1.54) is 5.56 Å². The van der Waals surface area contributed by atoms with Crippen LogP contribution < -0.4 is 4.90 Å². The number of halogens is 3. The molecule has 5 heteroatoms. The number of aliphatic hydroxyl groups excluding tert-OH is 1. The lowest BCUT2D eigenvalue weighted by atomic mass is 9.96. The van der Waals surface area contributed by atoms with E-state index in [0.29, 0.717) is 0 Å². The predicted octanol–water partition coefficient (Wildman–Crippen LogP) is 3.84. The molecular formula is C15H20F3NO. The minimum atomic E-state index is -4.14. The van der Waals surface area contributed by atoms with E-state index in [1.54, 1.807) is 0 Å². The maximum Gasteiger partial charge on any atom is 0.389 e. The number of benzene rings is 1. The monoisotopic (exact) mass is 287 g/mol. The average molecular weight is 287 g/mol. The van der Waals surface area contributed by atoms with Crippen molar-refractivity contribution in [3.8, 4) is 0 Å². The van der Waals surface area contributed by atoms with Gasteiger partial charge >= 0.3 is 6.18 Å². The molecule has 2 nitrogen and oxygen atoms in total. The molecule has 1 heterocycles. The Hall–Kier alpha value is -1.23. The molecule has 0 spiro atoms. The van der Waals surface area contributed by atoms with E-state index in [-0.39, 0.29) is 12.8 Å². The third-order valence-electron chi connectivity index (χ3n) is 3.78. The Balaban J connectivity index is 1.98. The van der Waals surface area contributed by atoms with Gasteiger partial charge in [0.05, 0.1) is 6.10 Å². The van der Waals surface area contributed by atoms with Gasteiger partial charge in [0.1, 0.15) is 0 Å². The van der Waals surface area contributed by atoms with Crippen LogP contribution in [0.2, 0.25) is 0 Å². The highest BCUT2D eigenvalue weighted by atomic mass is 19.4. The zero-order valence-electron chi connectivity index (χ0n) is 11.6. The summed E-state index contributed by atoms with van der Waals surface area (Å²) in [7, 11) is 2.03. The third kappa shape index (κ3) is 3.88. The largest absolute Gasteiger partial charge is 0.389 e. The van der Waals surface area contributed by atoms with Crippen LogP contribution in [0.3, 0.4) is 0 Å². The zero-order valence-corrected chi connectivity index (χ0v) is 11.6. The van der Waals surface area contributed by atoms with Crippen LogP contribution in [-0.2, 0) is 6.42 Å². The van der Waals surface area contributed by atoms with E-state index < -0.39 is 18.7 Å². The minimum absolute atomic E-state index is 0.0400. The number of rotatable bonds is 4. The number of alkyl halides is 3. The Bertz CT molecular complexity index is 459. The molecular weight excluding hydrogens is 267 g/mol.